The van der Waals surface area contributed by atoms with Crippen LogP contribution in [0.25, 0.3) is 0 Å². The second kappa shape index (κ2) is 4.79. The summed E-state index contributed by atoms with van der Waals surface area (Å²) in [6.07, 6.45) is 6.24. The van der Waals surface area contributed by atoms with Gasteiger partial charge in [0.2, 0.25) is 0 Å². The Kier molecular flexibility index (Phi) is 4.79. The summed E-state index contributed by atoms with van der Waals surface area (Å²) in [6, 6.07) is 0. The van der Waals surface area contributed by atoms with Crippen molar-refractivity contribution in [1.29, 1.82) is 0 Å². The Morgan fingerprint density at radius 1 is 1.18 bits per heavy atom. The molecule has 1 saturated carbocycles. The van der Waals surface area contributed by atoms with E-state index in [0.29, 0.717) is 5.41 Å². The second-order valence-corrected chi connectivity index (χ2v) is 4.81. The summed E-state index contributed by atoms with van der Waals surface area (Å²) >= 11 is 0. The van der Waals surface area contributed by atoms with Gasteiger partial charge < -0.3 is 0 Å². The van der Waals surface area contributed by atoms with Crippen molar-refractivity contribution in [2.24, 2.45) is 5.41 Å². The molecule has 0 heterocycles. The van der Waals surface area contributed by atoms with Crippen molar-refractivity contribution in [3.63, 3.8) is 0 Å². The highest BCUT2D eigenvalue weighted by atomic mass is 14.2. The predicted molar refractivity (Wildman–Crippen MR) is 52.2 cm³/mol. The third-order valence-electron chi connectivity index (χ3n) is 1.17. The van der Waals surface area contributed by atoms with Crippen LogP contribution in [0.4, 0.5) is 0 Å². The van der Waals surface area contributed by atoms with E-state index in [0.717, 1.165) is 0 Å². The van der Waals surface area contributed by atoms with Gasteiger partial charge in [0.25, 0.3) is 0 Å². The lowest BCUT2D eigenvalue weighted by molar-refractivity contribution is 0.389. The molecule has 0 aromatic heterocycles. The van der Waals surface area contributed by atoms with Gasteiger partial charge in [-0.05, 0) is 37.0 Å². The lowest BCUT2D eigenvalue weighted by Crippen LogP contribution is -2.07. The van der Waals surface area contributed by atoms with E-state index in [2.05, 4.69) is 41.0 Å². The summed E-state index contributed by atoms with van der Waals surface area (Å²) in [6.45, 7) is 11.2. The molecule has 0 aliphatic heterocycles. The van der Waals surface area contributed by atoms with Crippen LogP contribution in [-0.2, 0) is 0 Å². The second-order valence-electron chi connectivity index (χ2n) is 4.81. The van der Waals surface area contributed by atoms with Gasteiger partial charge in [-0.1, -0.05) is 34.6 Å². The molecular formula is C11H22. The van der Waals surface area contributed by atoms with Gasteiger partial charge >= 0.3 is 0 Å². The first-order valence-corrected chi connectivity index (χ1v) is 4.52. The molecule has 66 valence electrons. The van der Waals surface area contributed by atoms with Crippen molar-refractivity contribution in [2.45, 2.75) is 53.9 Å². The standard InChI is InChI=1S/C8H17.C3H5/c1-7(2)6-8(3,4)5;1-2-3-1/h6H2,1-5H3;1H,2-3H2. The van der Waals surface area contributed by atoms with Crippen molar-refractivity contribution in [3.05, 3.63) is 12.3 Å². The van der Waals surface area contributed by atoms with Crippen LogP contribution in [0.2, 0.25) is 0 Å². The molecule has 0 saturated heterocycles. The molecule has 1 aliphatic carbocycles. The number of hydrogen-bond acceptors (Lipinski definition) is 0. The fourth-order valence-corrected chi connectivity index (χ4v) is 1.06. The Hall–Kier alpha value is 0. The zero-order valence-electron chi connectivity index (χ0n) is 8.70. The average Bonchev–Trinajstić information content (AvgIpc) is 2.33. The van der Waals surface area contributed by atoms with Gasteiger partial charge in [0, 0.05) is 0 Å². The summed E-state index contributed by atoms with van der Waals surface area (Å²) in [5, 5.41) is 0. The number of hydrogen-bond donors (Lipinski definition) is 0. The lowest BCUT2D eigenvalue weighted by atomic mass is 9.86. The SMILES string of the molecule is C[C](C)CC(C)(C)C.[CH]1CC1. The van der Waals surface area contributed by atoms with E-state index in [9.17, 15) is 0 Å². The smallest absolute Gasteiger partial charge is 0.0298 e. The van der Waals surface area contributed by atoms with Crippen molar-refractivity contribution >= 4 is 0 Å². The van der Waals surface area contributed by atoms with Crippen LogP contribution in [0.15, 0.2) is 0 Å². The molecule has 0 aromatic rings. The van der Waals surface area contributed by atoms with E-state index < -0.39 is 0 Å². The molecule has 0 bridgehead atoms. The summed E-state index contributed by atoms with van der Waals surface area (Å²) in [7, 11) is 0. The van der Waals surface area contributed by atoms with Crippen molar-refractivity contribution in [1.82, 2.24) is 0 Å². The number of rotatable bonds is 1. The van der Waals surface area contributed by atoms with E-state index in [1.807, 2.05) is 0 Å². The minimum absolute atomic E-state index is 0.485. The highest BCUT2D eigenvalue weighted by Crippen LogP contribution is 2.24. The van der Waals surface area contributed by atoms with Gasteiger partial charge in [-0.15, -0.1) is 0 Å². The Balaban J connectivity index is 0.000000271. The molecule has 2 radical (unpaired) electrons. The summed E-state index contributed by atoms with van der Waals surface area (Å²) in [5.41, 5.74) is 0.485. The third-order valence-corrected chi connectivity index (χ3v) is 1.17. The molecule has 0 N–H and O–H groups in total. The van der Waals surface area contributed by atoms with Crippen LogP contribution in [0, 0.1) is 17.8 Å². The van der Waals surface area contributed by atoms with Crippen molar-refractivity contribution < 1.29 is 0 Å². The first-order valence-electron chi connectivity index (χ1n) is 4.52. The van der Waals surface area contributed by atoms with E-state index in [-0.39, 0.29) is 0 Å². The molecule has 0 amide bonds. The Morgan fingerprint density at radius 3 is 1.55 bits per heavy atom. The highest BCUT2D eigenvalue weighted by molar-refractivity contribution is 4.82. The maximum atomic E-state index is 2.26. The van der Waals surface area contributed by atoms with Crippen LogP contribution in [-0.4, -0.2) is 0 Å². The van der Waals surface area contributed by atoms with Gasteiger partial charge in [-0.2, -0.15) is 0 Å². The molecule has 0 unspecified atom stereocenters. The monoisotopic (exact) mass is 154 g/mol. The molecule has 0 heteroatoms. The van der Waals surface area contributed by atoms with Gasteiger partial charge in [0.15, 0.2) is 0 Å². The highest BCUT2D eigenvalue weighted by Gasteiger charge is 2.11. The molecule has 0 nitrogen and oxygen atoms in total. The summed E-state index contributed by atoms with van der Waals surface area (Å²) < 4.78 is 0. The Labute approximate surface area is 72.4 Å². The van der Waals surface area contributed by atoms with Gasteiger partial charge in [-0.3, -0.25) is 0 Å². The van der Waals surface area contributed by atoms with Crippen LogP contribution in [0.5, 0.6) is 0 Å². The Morgan fingerprint density at radius 2 is 1.55 bits per heavy atom. The topological polar surface area (TPSA) is 0 Å². The average molecular weight is 154 g/mol. The molecule has 1 fully saturated rings. The molecule has 11 heavy (non-hydrogen) atoms. The van der Waals surface area contributed by atoms with Gasteiger partial charge in [0.1, 0.15) is 0 Å². The zero-order valence-corrected chi connectivity index (χ0v) is 8.70. The molecular weight excluding hydrogens is 132 g/mol. The minimum atomic E-state index is 0.485. The van der Waals surface area contributed by atoms with Crippen molar-refractivity contribution in [3.8, 4) is 0 Å². The normalized spacial score (nSPS) is 15.8. The predicted octanol–water partition coefficient (Wildman–Crippen LogP) is 4.02. The lowest BCUT2D eigenvalue weighted by Gasteiger charge is -2.19. The molecule has 1 rings (SSSR count). The molecule has 0 spiro atoms. The van der Waals surface area contributed by atoms with E-state index in [1.165, 1.54) is 25.2 Å². The van der Waals surface area contributed by atoms with E-state index in [4.69, 9.17) is 0 Å². The maximum Gasteiger partial charge on any atom is -0.0298 e. The largest absolute Gasteiger partial charge is 0.0602 e. The molecule has 0 aromatic carbocycles. The van der Waals surface area contributed by atoms with Gasteiger partial charge in [-0.25, -0.2) is 0 Å². The first-order chi connectivity index (χ1) is 4.92. The quantitative estimate of drug-likeness (QED) is 0.535. The maximum absolute atomic E-state index is 2.26. The fraction of sp³-hybridized carbons (Fsp3) is 0.818. The van der Waals surface area contributed by atoms with E-state index in [1.54, 1.807) is 0 Å². The zero-order chi connectivity index (χ0) is 8.91. The fourth-order valence-electron chi connectivity index (χ4n) is 1.06. The molecule has 0 atom stereocenters. The third kappa shape index (κ3) is 17.8. The van der Waals surface area contributed by atoms with Crippen LogP contribution < -0.4 is 0 Å². The first kappa shape index (κ1) is 11.0. The van der Waals surface area contributed by atoms with Crippen LogP contribution in [0.1, 0.15) is 53.9 Å². The molecule has 1 aliphatic rings. The summed E-state index contributed by atoms with van der Waals surface area (Å²) in [4.78, 5) is 0. The van der Waals surface area contributed by atoms with E-state index >= 15 is 0 Å². The minimum Gasteiger partial charge on any atom is -0.0602 e. The van der Waals surface area contributed by atoms with Crippen LogP contribution >= 0.6 is 0 Å². The Bertz CT molecular complexity index is 79.9. The van der Waals surface area contributed by atoms with Gasteiger partial charge in [0.05, 0.1) is 0 Å². The van der Waals surface area contributed by atoms with Crippen LogP contribution in [0.3, 0.4) is 0 Å². The summed E-state index contributed by atoms with van der Waals surface area (Å²) in [5.74, 6) is 1.53. The van der Waals surface area contributed by atoms with Crippen molar-refractivity contribution in [2.75, 3.05) is 0 Å².